The molecule has 0 bridgehead atoms. The fourth-order valence-corrected chi connectivity index (χ4v) is 2.75. The minimum atomic E-state index is -0.563. The third kappa shape index (κ3) is 2.50. The van der Waals surface area contributed by atoms with Gasteiger partial charge < -0.3 is 16.0 Å². The highest BCUT2D eigenvalue weighted by molar-refractivity contribution is 7.15. The summed E-state index contributed by atoms with van der Waals surface area (Å²) in [5.41, 5.74) is 0.854. The second-order valence-electron chi connectivity index (χ2n) is 4.47. The largest absolute Gasteiger partial charge is 0.336 e. The van der Waals surface area contributed by atoms with Crippen molar-refractivity contribution < 1.29 is 9.59 Å². The van der Waals surface area contributed by atoms with Crippen LogP contribution in [0.4, 0.5) is 10.6 Å². The first kappa shape index (κ1) is 12.7. The zero-order valence-corrected chi connectivity index (χ0v) is 11.5. The molecule has 2 aromatic heterocycles. The van der Waals surface area contributed by atoms with Crippen molar-refractivity contribution in [2.45, 2.75) is 13.0 Å². The van der Waals surface area contributed by atoms with E-state index in [1.807, 2.05) is 19.1 Å². The topological polar surface area (TPSA) is 98.9 Å². The summed E-state index contributed by atoms with van der Waals surface area (Å²) < 4.78 is 0. The van der Waals surface area contributed by atoms with Gasteiger partial charge in [0.1, 0.15) is 6.04 Å². The predicted octanol–water partition coefficient (Wildman–Crippen LogP) is 1.07. The van der Waals surface area contributed by atoms with Crippen LogP contribution in [0.25, 0.3) is 10.6 Å². The van der Waals surface area contributed by atoms with Gasteiger partial charge in [-0.05, 0) is 19.1 Å². The van der Waals surface area contributed by atoms with Crippen LogP contribution in [0, 0.1) is 6.92 Å². The molecule has 1 aliphatic rings. The Labute approximate surface area is 118 Å². The van der Waals surface area contributed by atoms with Crippen LogP contribution in [-0.4, -0.2) is 34.7 Å². The molecule has 0 saturated carbocycles. The summed E-state index contributed by atoms with van der Waals surface area (Å²) in [6.45, 7) is 2.31. The van der Waals surface area contributed by atoms with Crippen molar-refractivity contribution in [3.8, 4) is 10.6 Å². The summed E-state index contributed by atoms with van der Waals surface area (Å²) in [4.78, 5) is 25.1. The fourth-order valence-electron chi connectivity index (χ4n) is 1.92. The summed E-state index contributed by atoms with van der Waals surface area (Å²) in [7, 11) is 0. The molecular formula is C12H13N5O2S. The summed E-state index contributed by atoms with van der Waals surface area (Å²) in [5.74, 6) is 0.154. The Bertz CT molecular complexity index is 662. The normalized spacial score (nSPS) is 17.6. The molecule has 104 valence electrons. The van der Waals surface area contributed by atoms with Gasteiger partial charge in [0, 0.05) is 17.5 Å². The van der Waals surface area contributed by atoms with E-state index in [9.17, 15) is 9.59 Å². The fraction of sp³-hybridized carbons (Fsp3) is 0.250. The van der Waals surface area contributed by atoms with Gasteiger partial charge in [0.2, 0.25) is 5.91 Å². The van der Waals surface area contributed by atoms with E-state index in [-0.39, 0.29) is 18.5 Å². The lowest BCUT2D eigenvalue weighted by molar-refractivity contribution is -0.117. The van der Waals surface area contributed by atoms with Crippen LogP contribution >= 0.6 is 11.3 Å². The van der Waals surface area contributed by atoms with E-state index in [1.165, 1.54) is 4.88 Å². The van der Waals surface area contributed by atoms with Crippen molar-refractivity contribution in [2.75, 3.05) is 11.9 Å². The Hall–Kier alpha value is -2.35. The monoisotopic (exact) mass is 291 g/mol. The van der Waals surface area contributed by atoms with E-state index >= 15 is 0 Å². The summed E-state index contributed by atoms with van der Waals surface area (Å²) in [6, 6.07) is 4.90. The molecule has 0 radical (unpaired) electrons. The van der Waals surface area contributed by atoms with Crippen molar-refractivity contribution in [1.82, 2.24) is 20.8 Å². The van der Waals surface area contributed by atoms with Gasteiger partial charge in [0.05, 0.1) is 10.6 Å². The second kappa shape index (κ2) is 4.97. The molecule has 3 amide bonds. The lowest BCUT2D eigenvalue weighted by atomic mass is 10.3. The molecule has 3 rings (SSSR count). The first-order valence-corrected chi connectivity index (χ1v) is 6.91. The van der Waals surface area contributed by atoms with Gasteiger partial charge in [-0.1, -0.05) is 0 Å². The molecule has 0 aliphatic carbocycles. The number of aromatic amines is 1. The Morgan fingerprint density at radius 1 is 1.50 bits per heavy atom. The van der Waals surface area contributed by atoms with Crippen LogP contribution in [0.2, 0.25) is 0 Å². The molecule has 0 spiro atoms. The number of hydrogen-bond acceptors (Lipinski definition) is 4. The second-order valence-corrected chi connectivity index (χ2v) is 5.76. The summed E-state index contributed by atoms with van der Waals surface area (Å²) >= 11 is 1.65. The number of carbonyl (C=O) groups is 2. The average Bonchev–Trinajstić information content (AvgIpc) is 3.10. The maximum atomic E-state index is 11.9. The molecule has 2 aromatic rings. The van der Waals surface area contributed by atoms with Gasteiger partial charge in [0.25, 0.3) is 0 Å². The number of carbonyl (C=O) groups excluding carboxylic acids is 2. The number of anilines is 1. The molecule has 1 fully saturated rings. The average molecular weight is 291 g/mol. The van der Waals surface area contributed by atoms with Crippen LogP contribution in [-0.2, 0) is 4.79 Å². The van der Waals surface area contributed by atoms with Gasteiger partial charge in [-0.25, -0.2) is 4.79 Å². The van der Waals surface area contributed by atoms with Crippen LogP contribution in [0.1, 0.15) is 4.88 Å². The molecular weight excluding hydrogens is 278 g/mol. The maximum Gasteiger partial charge on any atom is 0.315 e. The highest BCUT2D eigenvalue weighted by atomic mass is 32.1. The van der Waals surface area contributed by atoms with Gasteiger partial charge in [-0.2, -0.15) is 5.10 Å². The molecule has 20 heavy (non-hydrogen) atoms. The summed E-state index contributed by atoms with van der Waals surface area (Å²) in [5, 5.41) is 14.7. The Kier molecular flexibility index (Phi) is 3.15. The van der Waals surface area contributed by atoms with E-state index in [4.69, 9.17) is 0 Å². The number of urea groups is 1. The van der Waals surface area contributed by atoms with Crippen LogP contribution in [0.15, 0.2) is 18.2 Å². The minimum absolute atomic E-state index is 0.284. The van der Waals surface area contributed by atoms with Crippen molar-refractivity contribution in [2.24, 2.45) is 0 Å². The molecule has 1 saturated heterocycles. The van der Waals surface area contributed by atoms with Crippen LogP contribution in [0.3, 0.4) is 0 Å². The molecule has 1 aliphatic heterocycles. The van der Waals surface area contributed by atoms with Crippen LogP contribution in [0.5, 0.6) is 0 Å². The molecule has 1 atom stereocenters. The van der Waals surface area contributed by atoms with E-state index in [2.05, 4.69) is 26.1 Å². The van der Waals surface area contributed by atoms with E-state index < -0.39 is 6.04 Å². The first-order valence-electron chi connectivity index (χ1n) is 6.09. The number of H-pyrrole nitrogens is 1. The molecule has 3 heterocycles. The zero-order chi connectivity index (χ0) is 14.1. The number of aryl methyl sites for hydroxylation is 1. The first-order chi connectivity index (χ1) is 9.61. The Morgan fingerprint density at radius 2 is 2.35 bits per heavy atom. The van der Waals surface area contributed by atoms with Crippen molar-refractivity contribution in [3.05, 3.63) is 23.1 Å². The lowest BCUT2D eigenvalue weighted by Crippen LogP contribution is -2.38. The van der Waals surface area contributed by atoms with Gasteiger partial charge in [0.15, 0.2) is 5.82 Å². The van der Waals surface area contributed by atoms with Crippen molar-refractivity contribution in [3.63, 3.8) is 0 Å². The highest BCUT2D eigenvalue weighted by Gasteiger charge is 2.27. The molecule has 8 heteroatoms. The van der Waals surface area contributed by atoms with Crippen molar-refractivity contribution in [1.29, 1.82) is 0 Å². The van der Waals surface area contributed by atoms with Crippen LogP contribution < -0.4 is 16.0 Å². The standard InChI is InChI=1S/C12H13N5O2S/c1-6-2-3-9(20-6)7-4-10(17-16-7)15-11(18)8-5-13-12(19)14-8/h2-4,8H,5H2,1H3,(H2,13,14,19)(H2,15,16,17,18). The number of thiophene rings is 1. The molecule has 1 unspecified atom stereocenters. The SMILES string of the molecule is Cc1ccc(-c2cc(NC(=O)C3CNC(=O)N3)n[nH]2)s1. The molecule has 4 N–H and O–H groups in total. The number of hydrogen-bond donors (Lipinski definition) is 4. The quantitative estimate of drug-likeness (QED) is 0.680. The number of amides is 3. The minimum Gasteiger partial charge on any atom is -0.336 e. The molecule has 0 aromatic carbocycles. The highest BCUT2D eigenvalue weighted by Crippen LogP contribution is 2.27. The van der Waals surface area contributed by atoms with Crippen molar-refractivity contribution >= 4 is 29.1 Å². The smallest absolute Gasteiger partial charge is 0.315 e. The molecule has 7 nitrogen and oxygen atoms in total. The Balaban J connectivity index is 1.68. The zero-order valence-electron chi connectivity index (χ0n) is 10.7. The summed E-state index contributed by atoms with van der Waals surface area (Å²) in [6.07, 6.45) is 0. The third-order valence-corrected chi connectivity index (χ3v) is 3.96. The third-order valence-electron chi connectivity index (χ3n) is 2.92. The number of rotatable bonds is 3. The van der Waals surface area contributed by atoms with E-state index in [0.717, 1.165) is 10.6 Å². The Morgan fingerprint density at radius 3 is 3.00 bits per heavy atom. The maximum absolute atomic E-state index is 11.9. The lowest BCUT2D eigenvalue weighted by Gasteiger charge is -2.06. The number of aromatic nitrogens is 2. The van der Waals surface area contributed by atoms with Gasteiger partial charge >= 0.3 is 6.03 Å². The predicted molar refractivity (Wildman–Crippen MR) is 75.6 cm³/mol. The van der Waals surface area contributed by atoms with E-state index in [0.29, 0.717) is 5.82 Å². The van der Waals surface area contributed by atoms with E-state index in [1.54, 1.807) is 17.4 Å². The van der Waals surface area contributed by atoms with Gasteiger partial charge in [-0.3, -0.25) is 9.89 Å². The number of nitrogens with zero attached hydrogens (tertiary/aromatic N) is 1. The van der Waals surface area contributed by atoms with Gasteiger partial charge in [-0.15, -0.1) is 11.3 Å². The number of nitrogens with one attached hydrogen (secondary N) is 4.